The van der Waals surface area contributed by atoms with E-state index in [4.69, 9.17) is 4.74 Å². The lowest BCUT2D eigenvalue weighted by atomic mass is 10.2. The van der Waals surface area contributed by atoms with Gasteiger partial charge in [-0.05, 0) is 39.7 Å². The van der Waals surface area contributed by atoms with E-state index >= 15 is 0 Å². The molecule has 2 atom stereocenters. The van der Waals surface area contributed by atoms with Crippen molar-refractivity contribution in [3.8, 4) is 0 Å². The van der Waals surface area contributed by atoms with Crippen LogP contribution in [0.15, 0.2) is 0 Å². The Hall–Kier alpha value is -0.120. The Morgan fingerprint density at radius 2 is 2.27 bits per heavy atom. The van der Waals surface area contributed by atoms with E-state index in [1.165, 1.54) is 32.4 Å². The van der Waals surface area contributed by atoms with Crippen LogP contribution in [0.4, 0.5) is 0 Å². The third kappa shape index (κ3) is 3.16. The molecule has 0 radical (unpaired) electrons. The van der Waals surface area contributed by atoms with E-state index in [1.807, 2.05) is 0 Å². The summed E-state index contributed by atoms with van der Waals surface area (Å²) in [4.78, 5) is 2.55. The molecule has 2 fully saturated rings. The van der Waals surface area contributed by atoms with E-state index in [0.29, 0.717) is 18.2 Å². The number of rotatable bonds is 4. The highest BCUT2D eigenvalue weighted by Crippen LogP contribution is 2.14. The van der Waals surface area contributed by atoms with E-state index in [-0.39, 0.29) is 0 Å². The summed E-state index contributed by atoms with van der Waals surface area (Å²) in [6.07, 6.45) is 4.27. The molecule has 2 unspecified atom stereocenters. The predicted octanol–water partition coefficient (Wildman–Crippen LogP) is 1.24. The minimum Gasteiger partial charge on any atom is -0.377 e. The molecule has 0 aromatic rings. The maximum Gasteiger partial charge on any atom is 0.0700 e. The van der Waals surface area contributed by atoms with Crippen LogP contribution in [-0.2, 0) is 4.74 Å². The number of ether oxygens (including phenoxy) is 1. The Bertz CT molecular complexity index is 190. The van der Waals surface area contributed by atoms with Crippen molar-refractivity contribution in [2.75, 3.05) is 26.2 Å². The minimum absolute atomic E-state index is 0.484. The molecule has 15 heavy (non-hydrogen) atoms. The van der Waals surface area contributed by atoms with Crippen molar-refractivity contribution in [1.29, 1.82) is 0 Å². The molecule has 0 aromatic carbocycles. The normalized spacial score (nSPS) is 33.0. The van der Waals surface area contributed by atoms with Gasteiger partial charge in [-0.2, -0.15) is 0 Å². The maximum atomic E-state index is 5.61. The van der Waals surface area contributed by atoms with Gasteiger partial charge >= 0.3 is 0 Å². The summed E-state index contributed by atoms with van der Waals surface area (Å²) in [6.45, 7) is 9.04. The first kappa shape index (κ1) is 11.4. The van der Waals surface area contributed by atoms with Crippen LogP contribution in [0.25, 0.3) is 0 Å². The van der Waals surface area contributed by atoms with Crippen LogP contribution in [0.3, 0.4) is 0 Å². The van der Waals surface area contributed by atoms with Gasteiger partial charge in [0.15, 0.2) is 0 Å². The zero-order valence-corrected chi connectivity index (χ0v) is 10.0. The summed E-state index contributed by atoms with van der Waals surface area (Å²) in [5, 5.41) is 3.64. The Balaban J connectivity index is 1.64. The molecular formula is C12H24N2O. The van der Waals surface area contributed by atoms with Gasteiger partial charge in [-0.25, -0.2) is 0 Å². The minimum atomic E-state index is 0.484. The zero-order valence-electron chi connectivity index (χ0n) is 10.0. The van der Waals surface area contributed by atoms with E-state index in [9.17, 15) is 0 Å². The molecule has 2 heterocycles. The molecule has 0 saturated carbocycles. The third-order valence-corrected chi connectivity index (χ3v) is 3.61. The van der Waals surface area contributed by atoms with Gasteiger partial charge in [-0.1, -0.05) is 0 Å². The highest BCUT2D eigenvalue weighted by atomic mass is 16.5. The molecule has 88 valence electrons. The fraction of sp³-hybridized carbons (Fsp3) is 1.00. The Morgan fingerprint density at radius 1 is 1.40 bits per heavy atom. The van der Waals surface area contributed by atoms with Crippen molar-refractivity contribution in [2.45, 2.75) is 51.3 Å². The molecule has 0 amide bonds. The lowest BCUT2D eigenvalue weighted by Crippen LogP contribution is -2.38. The van der Waals surface area contributed by atoms with Gasteiger partial charge in [-0.15, -0.1) is 0 Å². The first-order valence-electron chi connectivity index (χ1n) is 6.34. The van der Waals surface area contributed by atoms with Gasteiger partial charge in [0, 0.05) is 31.8 Å². The summed E-state index contributed by atoms with van der Waals surface area (Å²) in [5.74, 6) is 0. The number of hydrogen-bond acceptors (Lipinski definition) is 3. The molecule has 1 N–H and O–H groups in total. The second kappa shape index (κ2) is 5.28. The number of likely N-dealkylation sites (tertiary alicyclic amines) is 1. The lowest BCUT2D eigenvalue weighted by Gasteiger charge is -2.21. The molecule has 0 spiro atoms. The number of nitrogens with zero attached hydrogens (tertiary/aromatic N) is 1. The first-order chi connectivity index (χ1) is 7.25. The first-order valence-corrected chi connectivity index (χ1v) is 6.34. The van der Waals surface area contributed by atoms with Crippen LogP contribution in [0.2, 0.25) is 0 Å². The van der Waals surface area contributed by atoms with Crippen LogP contribution >= 0.6 is 0 Å². The van der Waals surface area contributed by atoms with Crippen molar-refractivity contribution in [3.63, 3.8) is 0 Å². The standard InChI is InChI=1S/C12H24N2O/c1-10(2)14-6-5-11(9-14)13-8-12-4-3-7-15-12/h10-13H,3-9H2,1-2H3. The molecule has 0 aromatic heterocycles. The summed E-state index contributed by atoms with van der Waals surface area (Å²) in [5.41, 5.74) is 0. The number of nitrogens with one attached hydrogen (secondary N) is 1. The molecule has 2 saturated heterocycles. The van der Waals surface area contributed by atoms with E-state index in [2.05, 4.69) is 24.1 Å². The third-order valence-electron chi connectivity index (χ3n) is 3.61. The van der Waals surface area contributed by atoms with Gasteiger partial charge in [0.25, 0.3) is 0 Å². The molecular weight excluding hydrogens is 188 g/mol. The highest BCUT2D eigenvalue weighted by molar-refractivity contribution is 4.83. The van der Waals surface area contributed by atoms with Crippen LogP contribution < -0.4 is 5.32 Å². The fourth-order valence-electron chi connectivity index (χ4n) is 2.53. The molecule has 2 aliphatic rings. The Morgan fingerprint density at radius 3 is 2.87 bits per heavy atom. The SMILES string of the molecule is CC(C)N1CCC(NCC2CCCO2)C1. The van der Waals surface area contributed by atoms with Crippen molar-refractivity contribution < 1.29 is 4.74 Å². The smallest absolute Gasteiger partial charge is 0.0700 e. The van der Waals surface area contributed by atoms with Gasteiger partial charge in [0.2, 0.25) is 0 Å². The van der Waals surface area contributed by atoms with Gasteiger partial charge in [0.05, 0.1) is 6.10 Å². The van der Waals surface area contributed by atoms with Crippen LogP contribution in [0, 0.1) is 0 Å². The fourth-order valence-corrected chi connectivity index (χ4v) is 2.53. The van der Waals surface area contributed by atoms with Gasteiger partial charge in [-0.3, -0.25) is 4.90 Å². The lowest BCUT2D eigenvalue weighted by molar-refractivity contribution is 0.107. The van der Waals surface area contributed by atoms with Crippen LogP contribution in [0.5, 0.6) is 0 Å². The molecule has 2 aliphatic heterocycles. The summed E-state index contributed by atoms with van der Waals surface area (Å²) in [7, 11) is 0. The summed E-state index contributed by atoms with van der Waals surface area (Å²) < 4.78 is 5.61. The van der Waals surface area contributed by atoms with Crippen LogP contribution in [-0.4, -0.2) is 49.3 Å². The van der Waals surface area contributed by atoms with Crippen molar-refractivity contribution in [1.82, 2.24) is 10.2 Å². The van der Waals surface area contributed by atoms with Crippen molar-refractivity contribution in [3.05, 3.63) is 0 Å². The zero-order chi connectivity index (χ0) is 10.7. The molecule has 2 rings (SSSR count). The monoisotopic (exact) mass is 212 g/mol. The summed E-state index contributed by atoms with van der Waals surface area (Å²) >= 11 is 0. The predicted molar refractivity (Wildman–Crippen MR) is 62.1 cm³/mol. The second-order valence-electron chi connectivity index (χ2n) is 5.12. The quantitative estimate of drug-likeness (QED) is 0.759. The molecule has 0 bridgehead atoms. The summed E-state index contributed by atoms with van der Waals surface area (Å²) in [6, 6.07) is 1.39. The largest absolute Gasteiger partial charge is 0.377 e. The van der Waals surface area contributed by atoms with E-state index in [0.717, 1.165) is 13.2 Å². The highest BCUT2D eigenvalue weighted by Gasteiger charge is 2.25. The maximum absolute atomic E-state index is 5.61. The average Bonchev–Trinajstić information content (AvgIpc) is 2.86. The topological polar surface area (TPSA) is 24.5 Å². The van der Waals surface area contributed by atoms with Crippen molar-refractivity contribution in [2.24, 2.45) is 0 Å². The van der Waals surface area contributed by atoms with E-state index < -0.39 is 0 Å². The number of hydrogen-bond donors (Lipinski definition) is 1. The van der Waals surface area contributed by atoms with Gasteiger partial charge < -0.3 is 10.1 Å². The van der Waals surface area contributed by atoms with E-state index in [1.54, 1.807) is 0 Å². The Labute approximate surface area is 93.2 Å². The Kier molecular flexibility index (Phi) is 4.00. The molecule has 3 heteroatoms. The van der Waals surface area contributed by atoms with Crippen molar-refractivity contribution >= 4 is 0 Å². The molecule has 3 nitrogen and oxygen atoms in total. The van der Waals surface area contributed by atoms with Crippen LogP contribution in [0.1, 0.15) is 33.1 Å². The molecule has 0 aliphatic carbocycles. The van der Waals surface area contributed by atoms with Gasteiger partial charge in [0.1, 0.15) is 0 Å². The average molecular weight is 212 g/mol. The second-order valence-corrected chi connectivity index (χ2v) is 5.12.